The van der Waals surface area contributed by atoms with Crippen molar-refractivity contribution in [2.75, 3.05) is 0 Å². The number of nitrogens with zero attached hydrogens (tertiary/aromatic N) is 1. The molecule has 1 N–H and O–H groups in total. The van der Waals surface area contributed by atoms with Crippen molar-refractivity contribution < 1.29 is 9.59 Å². The fraction of sp³-hybridized carbons (Fsp3) is 0.364. The van der Waals surface area contributed by atoms with Crippen LogP contribution in [0.3, 0.4) is 0 Å². The molecule has 1 atom stereocenters. The normalized spacial score (nSPS) is 21.3. The summed E-state index contributed by atoms with van der Waals surface area (Å²) in [7, 11) is 0. The maximum absolute atomic E-state index is 11.5. The largest absolute Gasteiger partial charge is 0.296 e. The minimum absolute atomic E-state index is 0.191. The van der Waals surface area contributed by atoms with E-state index in [0.29, 0.717) is 12.8 Å². The number of carbonyl (C=O) groups is 2. The minimum atomic E-state index is -0.275. The van der Waals surface area contributed by atoms with Gasteiger partial charge in [0, 0.05) is 12.6 Å². The zero-order valence-electron chi connectivity index (χ0n) is 8.49. The lowest BCUT2D eigenvalue weighted by atomic mass is 9.94. The van der Waals surface area contributed by atoms with Crippen molar-refractivity contribution in [3.05, 3.63) is 29.6 Å². The Morgan fingerprint density at radius 3 is 2.80 bits per heavy atom. The highest BCUT2D eigenvalue weighted by atomic mass is 16.2. The van der Waals surface area contributed by atoms with Crippen LogP contribution in [0.2, 0.25) is 0 Å². The third-order valence-corrected chi connectivity index (χ3v) is 2.53. The van der Waals surface area contributed by atoms with E-state index < -0.39 is 0 Å². The molecule has 1 fully saturated rings. The third kappa shape index (κ3) is 2.03. The second kappa shape index (κ2) is 3.81. The van der Waals surface area contributed by atoms with E-state index in [1.54, 1.807) is 6.20 Å². The van der Waals surface area contributed by atoms with Crippen molar-refractivity contribution >= 4 is 11.8 Å². The molecule has 2 amide bonds. The average molecular weight is 204 g/mol. The van der Waals surface area contributed by atoms with Gasteiger partial charge in [0.1, 0.15) is 0 Å². The molecule has 1 saturated heterocycles. The number of amides is 2. The van der Waals surface area contributed by atoms with Crippen LogP contribution >= 0.6 is 0 Å². The van der Waals surface area contributed by atoms with Crippen LogP contribution in [0.4, 0.5) is 0 Å². The van der Waals surface area contributed by atoms with Gasteiger partial charge in [-0.05, 0) is 25.0 Å². The molecule has 0 spiro atoms. The van der Waals surface area contributed by atoms with Gasteiger partial charge in [-0.15, -0.1) is 0 Å². The predicted octanol–water partition coefficient (Wildman–Crippen LogP) is 0.910. The average Bonchev–Trinajstić information content (AvgIpc) is 2.20. The van der Waals surface area contributed by atoms with Crippen molar-refractivity contribution in [3.63, 3.8) is 0 Å². The van der Waals surface area contributed by atoms with Gasteiger partial charge in [-0.3, -0.25) is 19.9 Å². The first-order chi connectivity index (χ1) is 7.16. The van der Waals surface area contributed by atoms with E-state index in [0.717, 1.165) is 11.3 Å². The number of aromatic nitrogens is 1. The maximum Gasteiger partial charge on any atom is 0.235 e. The smallest absolute Gasteiger partial charge is 0.235 e. The molecule has 1 aromatic heterocycles. The van der Waals surface area contributed by atoms with Gasteiger partial charge in [0.15, 0.2) is 0 Å². The Labute approximate surface area is 87.7 Å². The van der Waals surface area contributed by atoms with Crippen molar-refractivity contribution in [1.29, 1.82) is 0 Å². The van der Waals surface area contributed by atoms with E-state index in [9.17, 15) is 9.59 Å². The first kappa shape index (κ1) is 9.83. The number of pyridine rings is 1. The summed E-state index contributed by atoms with van der Waals surface area (Å²) in [6.07, 6.45) is 2.69. The second-order valence-electron chi connectivity index (χ2n) is 3.76. The summed E-state index contributed by atoms with van der Waals surface area (Å²) in [6, 6.07) is 3.77. The fourth-order valence-electron chi connectivity index (χ4n) is 1.66. The monoisotopic (exact) mass is 204 g/mol. The Hall–Kier alpha value is -1.71. The molecule has 4 heteroatoms. The lowest BCUT2D eigenvalue weighted by Crippen LogP contribution is -2.39. The Morgan fingerprint density at radius 2 is 2.20 bits per heavy atom. The van der Waals surface area contributed by atoms with Crippen molar-refractivity contribution in [2.24, 2.45) is 0 Å². The topological polar surface area (TPSA) is 59.1 Å². The van der Waals surface area contributed by atoms with Crippen LogP contribution in [-0.4, -0.2) is 16.8 Å². The molecule has 1 aliphatic rings. The Morgan fingerprint density at radius 1 is 1.40 bits per heavy atom. The Balaban J connectivity index is 2.20. The molecule has 0 radical (unpaired) electrons. The third-order valence-electron chi connectivity index (χ3n) is 2.53. The SMILES string of the molecule is Cc1ccc([C@@H]2CCC(=O)NC2=O)nc1. The lowest BCUT2D eigenvalue weighted by Gasteiger charge is -2.20. The van der Waals surface area contributed by atoms with E-state index in [2.05, 4.69) is 10.3 Å². The number of imide groups is 1. The molecule has 2 heterocycles. The van der Waals surface area contributed by atoms with Gasteiger partial charge in [-0.2, -0.15) is 0 Å². The predicted molar refractivity (Wildman–Crippen MR) is 54.1 cm³/mol. The van der Waals surface area contributed by atoms with Crippen LogP contribution in [0.5, 0.6) is 0 Å². The highest BCUT2D eigenvalue weighted by molar-refractivity contribution is 6.00. The summed E-state index contributed by atoms with van der Waals surface area (Å²) in [4.78, 5) is 26.7. The number of hydrogen-bond donors (Lipinski definition) is 1. The standard InChI is InChI=1S/C11H12N2O2/c1-7-2-4-9(12-6-7)8-3-5-10(14)13-11(8)15/h2,4,6,8H,3,5H2,1H3,(H,13,14,15)/t8-/m0/s1. The molecule has 2 rings (SSSR count). The minimum Gasteiger partial charge on any atom is -0.296 e. The summed E-state index contributed by atoms with van der Waals surface area (Å²) < 4.78 is 0. The molecular weight excluding hydrogens is 192 g/mol. The van der Waals surface area contributed by atoms with E-state index in [1.807, 2.05) is 19.1 Å². The van der Waals surface area contributed by atoms with Gasteiger partial charge in [-0.1, -0.05) is 6.07 Å². The molecule has 1 aromatic rings. The molecule has 15 heavy (non-hydrogen) atoms. The summed E-state index contributed by atoms with van der Waals surface area (Å²) in [5.74, 6) is -0.700. The van der Waals surface area contributed by atoms with E-state index in [1.165, 1.54) is 0 Å². The summed E-state index contributed by atoms with van der Waals surface area (Å²) in [5, 5.41) is 2.32. The summed E-state index contributed by atoms with van der Waals surface area (Å²) >= 11 is 0. The second-order valence-corrected chi connectivity index (χ2v) is 3.76. The number of piperidine rings is 1. The van der Waals surface area contributed by atoms with Crippen LogP contribution in [0.25, 0.3) is 0 Å². The summed E-state index contributed by atoms with van der Waals surface area (Å²) in [6.45, 7) is 1.95. The number of aryl methyl sites for hydroxylation is 1. The molecule has 0 saturated carbocycles. The molecule has 0 unspecified atom stereocenters. The molecule has 78 valence electrons. The quantitative estimate of drug-likeness (QED) is 0.692. The fourth-order valence-corrected chi connectivity index (χ4v) is 1.66. The van der Waals surface area contributed by atoms with Crippen LogP contribution < -0.4 is 5.32 Å². The molecule has 0 bridgehead atoms. The van der Waals surface area contributed by atoms with Crippen molar-refractivity contribution in [3.8, 4) is 0 Å². The van der Waals surface area contributed by atoms with Crippen LogP contribution in [-0.2, 0) is 9.59 Å². The van der Waals surface area contributed by atoms with Gasteiger partial charge >= 0.3 is 0 Å². The molecule has 0 aromatic carbocycles. The van der Waals surface area contributed by atoms with Crippen LogP contribution in [0.15, 0.2) is 18.3 Å². The zero-order valence-corrected chi connectivity index (χ0v) is 8.49. The number of rotatable bonds is 1. The first-order valence-electron chi connectivity index (χ1n) is 4.93. The van der Waals surface area contributed by atoms with Crippen LogP contribution in [0, 0.1) is 6.92 Å². The van der Waals surface area contributed by atoms with Gasteiger partial charge in [0.2, 0.25) is 11.8 Å². The first-order valence-corrected chi connectivity index (χ1v) is 4.93. The Bertz CT molecular complexity index is 398. The van der Waals surface area contributed by atoms with Crippen molar-refractivity contribution in [1.82, 2.24) is 10.3 Å². The number of nitrogens with one attached hydrogen (secondary N) is 1. The molecule has 1 aliphatic heterocycles. The van der Waals surface area contributed by atoms with E-state index in [-0.39, 0.29) is 17.7 Å². The highest BCUT2D eigenvalue weighted by Crippen LogP contribution is 2.22. The number of hydrogen-bond acceptors (Lipinski definition) is 3. The zero-order chi connectivity index (χ0) is 10.8. The van der Waals surface area contributed by atoms with Gasteiger partial charge < -0.3 is 0 Å². The van der Waals surface area contributed by atoms with Gasteiger partial charge in [-0.25, -0.2) is 0 Å². The van der Waals surface area contributed by atoms with Crippen molar-refractivity contribution in [2.45, 2.75) is 25.7 Å². The Kier molecular flexibility index (Phi) is 2.49. The number of carbonyl (C=O) groups excluding carboxylic acids is 2. The van der Waals surface area contributed by atoms with Gasteiger partial charge in [0.25, 0.3) is 0 Å². The highest BCUT2D eigenvalue weighted by Gasteiger charge is 2.28. The van der Waals surface area contributed by atoms with Crippen LogP contribution in [0.1, 0.15) is 30.0 Å². The molecule has 0 aliphatic carbocycles. The summed E-state index contributed by atoms with van der Waals surface area (Å²) in [5.41, 5.74) is 1.80. The molecule has 4 nitrogen and oxygen atoms in total. The molecular formula is C11H12N2O2. The van der Waals surface area contributed by atoms with E-state index in [4.69, 9.17) is 0 Å². The maximum atomic E-state index is 11.5. The van der Waals surface area contributed by atoms with E-state index >= 15 is 0 Å². The van der Waals surface area contributed by atoms with Gasteiger partial charge in [0.05, 0.1) is 11.6 Å². The lowest BCUT2D eigenvalue weighted by molar-refractivity contribution is -0.134.